The Hall–Kier alpha value is -3.37. The third-order valence-electron chi connectivity index (χ3n) is 6.57. The molecule has 0 bridgehead atoms. The van der Waals surface area contributed by atoms with E-state index >= 15 is 0 Å². The molecule has 2 N–H and O–H groups in total. The van der Waals surface area contributed by atoms with Crippen LogP contribution in [-0.4, -0.2) is 56.5 Å². The molecule has 2 fully saturated rings. The molecule has 2 aromatic rings. The number of benzene rings is 1. The highest BCUT2D eigenvalue weighted by Crippen LogP contribution is 2.37. The van der Waals surface area contributed by atoms with Crippen LogP contribution in [0.4, 0.5) is 18.0 Å². The number of alkyl halides is 3. The number of rotatable bonds is 6. The highest BCUT2D eigenvalue weighted by Gasteiger charge is 2.44. The molecule has 11 heteroatoms. The van der Waals surface area contributed by atoms with Gasteiger partial charge in [0.2, 0.25) is 5.91 Å². The van der Waals surface area contributed by atoms with Crippen molar-refractivity contribution in [3.63, 3.8) is 0 Å². The van der Waals surface area contributed by atoms with Crippen LogP contribution in [0.25, 0.3) is 11.1 Å². The van der Waals surface area contributed by atoms with Crippen LogP contribution >= 0.6 is 0 Å². The first-order valence-corrected chi connectivity index (χ1v) is 11.6. The van der Waals surface area contributed by atoms with Crippen LogP contribution in [0.1, 0.15) is 63.3 Å². The maximum Gasteiger partial charge on any atom is 0.416 e. The van der Waals surface area contributed by atoms with Crippen molar-refractivity contribution in [3.05, 3.63) is 41.7 Å². The average molecular weight is 492 g/mol. The first-order valence-electron chi connectivity index (χ1n) is 11.6. The summed E-state index contributed by atoms with van der Waals surface area (Å²) in [6, 6.07) is 4.14. The topological polar surface area (TPSA) is 98.4 Å². The smallest absolute Gasteiger partial charge is 0.334 e. The van der Waals surface area contributed by atoms with Gasteiger partial charge in [0.15, 0.2) is 0 Å². The molecule has 188 valence electrons. The zero-order chi connectivity index (χ0) is 25.4. The maximum atomic E-state index is 13.1. The van der Waals surface area contributed by atoms with Gasteiger partial charge in [-0.1, -0.05) is 12.1 Å². The molecule has 0 radical (unpaired) electrons. The minimum atomic E-state index is -4.42. The number of hydrogen-bond donors (Lipinski definition) is 2. The van der Waals surface area contributed by atoms with Gasteiger partial charge in [-0.25, -0.2) is 4.79 Å². The molecule has 3 heterocycles. The predicted molar refractivity (Wildman–Crippen MR) is 121 cm³/mol. The van der Waals surface area contributed by atoms with E-state index in [1.165, 1.54) is 12.1 Å². The molecule has 1 aromatic heterocycles. The van der Waals surface area contributed by atoms with Crippen LogP contribution in [0, 0.1) is 0 Å². The fourth-order valence-electron chi connectivity index (χ4n) is 4.70. The molecule has 35 heavy (non-hydrogen) atoms. The molecular weight excluding hydrogens is 463 g/mol. The lowest BCUT2D eigenvalue weighted by Gasteiger charge is -2.36. The number of piperidine rings is 1. The SMILES string of the molecule is CC1(C)NC(=O)N(CCCC(=O)N2CCCC[C@H]2c2[nH]ncc2-c2ccc(C(F)(F)F)cc2)C1=O. The van der Waals surface area contributed by atoms with Gasteiger partial charge < -0.3 is 10.2 Å². The van der Waals surface area contributed by atoms with E-state index in [1.54, 1.807) is 24.9 Å². The lowest BCUT2D eigenvalue weighted by molar-refractivity contribution is -0.137. The van der Waals surface area contributed by atoms with Gasteiger partial charge in [-0.3, -0.25) is 19.6 Å². The summed E-state index contributed by atoms with van der Waals surface area (Å²) >= 11 is 0. The molecule has 1 atom stereocenters. The molecule has 0 aliphatic carbocycles. The van der Waals surface area contributed by atoms with E-state index in [2.05, 4.69) is 15.5 Å². The van der Waals surface area contributed by atoms with Crippen molar-refractivity contribution < 1.29 is 27.6 Å². The molecule has 0 spiro atoms. The zero-order valence-corrected chi connectivity index (χ0v) is 19.6. The van der Waals surface area contributed by atoms with Gasteiger partial charge >= 0.3 is 12.2 Å². The molecule has 2 aliphatic heterocycles. The Bertz CT molecular complexity index is 1110. The van der Waals surface area contributed by atoms with Crippen molar-refractivity contribution in [1.82, 2.24) is 25.3 Å². The Balaban J connectivity index is 1.45. The number of amides is 4. The van der Waals surface area contributed by atoms with E-state index in [9.17, 15) is 27.6 Å². The number of carbonyl (C=O) groups excluding carboxylic acids is 3. The highest BCUT2D eigenvalue weighted by atomic mass is 19.4. The van der Waals surface area contributed by atoms with Crippen LogP contribution in [-0.2, 0) is 15.8 Å². The second-order valence-corrected chi connectivity index (χ2v) is 9.49. The number of likely N-dealkylation sites (tertiary alicyclic amines) is 1. The number of nitrogens with zero attached hydrogens (tertiary/aromatic N) is 3. The Morgan fingerprint density at radius 1 is 1.17 bits per heavy atom. The standard InChI is InChI=1S/C24H28F3N5O3/c1-23(2)21(34)32(22(35)29-23)13-5-7-19(33)31-12-4-3-6-18(31)20-17(14-28-30-20)15-8-10-16(11-9-15)24(25,26)27/h8-11,14,18H,3-7,12-13H2,1-2H3,(H,28,30)(H,29,35)/t18-/m0/s1. The molecule has 0 unspecified atom stereocenters. The zero-order valence-electron chi connectivity index (χ0n) is 19.6. The quantitative estimate of drug-likeness (QED) is 0.590. The van der Waals surface area contributed by atoms with E-state index in [-0.39, 0.29) is 30.8 Å². The van der Waals surface area contributed by atoms with Gasteiger partial charge in [-0.15, -0.1) is 0 Å². The van der Waals surface area contributed by atoms with Gasteiger partial charge in [-0.05, 0) is 57.2 Å². The summed E-state index contributed by atoms with van der Waals surface area (Å²) in [5, 5.41) is 9.68. The normalized spacial score (nSPS) is 20.3. The Morgan fingerprint density at radius 2 is 1.89 bits per heavy atom. The Labute approximate surface area is 200 Å². The summed E-state index contributed by atoms with van der Waals surface area (Å²) < 4.78 is 38.8. The highest BCUT2D eigenvalue weighted by molar-refractivity contribution is 6.06. The predicted octanol–water partition coefficient (Wildman–Crippen LogP) is 4.26. The number of halogens is 3. The minimum Gasteiger partial charge on any atom is -0.334 e. The number of imide groups is 1. The van der Waals surface area contributed by atoms with Gasteiger partial charge in [-0.2, -0.15) is 18.3 Å². The third kappa shape index (κ3) is 5.03. The van der Waals surface area contributed by atoms with Crippen LogP contribution < -0.4 is 5.32 Å². The molecule has 0 saturated carbocycles. The van der Waals surface area contributed by atoms with Crippen molar-refractivity contribution >= 4 is 17.8 Å². The van der Waals surface area contributed by atoms with Crippen molar-refractivity contribution in [2.45, 2.75) is 63.7 Å². The summed E-state index contributed by atoms with van der Waals surface area (Å²) in [6.45, 7) is 3.97. The summed E-state index contributed by atoms with van der Waals surface area (Å²) in [5.41, 5.74) is 0.253. The first kappa shape index (κ1) is 24.7. The third-order valence-corrected chi connectivity index (χ3v) is 6.57. The lowest BCUT2D eigenvalue weighted by Crippen LogP contribution is -2.41. The van der Waals surface area contributed by atoms with E-state index in [1.807, 2.05) is 0 Å². The molecular formula is C24H28F3N5O3. The van der Waals surface area contributed by atoms with Crippen molar-refractivity contribution in [1.29, 1.82) is 0 Å². The minimum absolute atomic E-state index is 0.103. The second kappa shape index (κ2) is 9.35. The van der Waals surface area contributed by atoms with Gasteiger partial charge in [0.25, 0.3) is 5.91 Å². The average Bonchev–Trinajstić information content (AvgIpc) is 3.37. The monoisotopic (exact) mass is 491 g/mol. The van der Waals surface area contributed by atoms with E-state index in [0.717, 1.165) is 29.9 Å². The van der Waals surface area contributed by atoms with Crippen LogP contribution in [0.15, 0.2) is 30.5 Å². The fourth-order valence-corrected chi connectivity index (χ4v) is 4.70. The van der Waals surface area contributed by atoms with Gasteiger partial charge in [0, 0.05) is 25.1 Å². The van der Waals surface area contributed by atoms with E-state index in [0.29, 0.717) is 36.2 Å². The molecule has 2 aliphatic rings. The molecule has 2 saturated heterocycles. The summed E-state index contributed by atoms with van der Waals surface area (Å²) in [5.74, 6) is -0.418. The number of aromatic nitrogens is 2. The van der Waals surface area contributed by atoms with Crippen molar-refractivity contribution in [2.75, 3.05) is 13.1 Å². The number of nitrogens with one attached hydrogen (secondary N) is 2. The van der Waals surface area contributed by atoms with Crippen LogP contribution in [0.5, 0.6) is 0 Å². The van der Waals surface area contributed by atoms with Crippen LogP contribution in [0.2, 0.25) is 0 Å². The Kier molecular flexibility index (Phi) is 6.61. The summed E-state index contributed by atoms with van der Waals surface area (Å²) in [7, 11) is 0. The molecule has 8 nitrogen and oxygen atoms in total. The van der Waals surface area contributed by atoms with Gasteiger partial charge in [0.1, 0.15) is 5.54 Å². The number of hydrogen-bond acceptors (Lipinski definition) is 4. The van der Waals surface area contributed by atoms with E-state index < -0.39 is 23.3 Å². The number of aromatic amines is 1. The number of H-pyrrole nitrogens is 1. The van der Waals surface area contributed by atoms with Crippen LogP contribution in [0.3, 0.4) is 0 Å². The molecule has 4 amide bonds. The van der Waals surface area contributed by atoms with Crippen molar-refractivity contribution in [2.24, 2.45) is 0 Å². The molecule has 1 aromatic carbocycles. The van der Waals surface area contributed by atoms with Gasteiger partial charge in [0.05, 0.1) is 23.5 Å². The van der Waals surface area contributed by atoms with Crippen molar-refractivity contribution in [3.8, 4) is 11.1 Å². The second-order valence-electron chi connectivity index (χ2n) is 9.49. The number of urea groups is 1. The first-order chi connectivity index (χ1) is 16.5. The van der Waals surface area contributed by atoms with E-state index in [4.69, 9.17) is 0 Å². The molecule has 4 rings (SSSR count). The largest absolute Gasteiger partial charge is 0.416 e. The number of carbonyl (C=O) groups is 3. The lowest BCUT2D eigenvalue weighted by atomic mass is 9.94. The Morgan fingerprint density at radius 3 is 2.51 bits per heavy atom. The summed E-state index contributed by atoms with van der Waals surface area (Å²) in [4.78, 5) is 40.4. The maximum absolute atomic E-state index is 13.1. The fraction of sp³-hybridized carbons (Fsp3) is 0.500. The summed E-state index contributed by atoms with van der Waals surface area (Å²) in [6.07, 6.45) is 0.0895.